The Kier molecular flexibility index (Phi) is 18.4. The Labute approximate surface area is 533 Å². The van der Waals surface area contributed by atoms with Crippen LogP contribution >= 0.6 is 11.6 Å². The summed E-state index contributed by atoms with van der Waals surface area (Å²) in [5.74, 6) is 5.21. The molecule has 4 aromatic carbocycles. The molecule has 4 N–H and O–H groups in total. The van der Waals surface area contributed by atoms with Crippen molar-refractivity contribution in [1.29, 1.82) is 0 Å². The van der Waals surface area contributed by atoms with E-state index in [1.54, 1.807) is 42.6 Å². The Bertz CT molecular complexity index is 4160. The first-order chi connectivity index (χ1) is 43.9. The minimum Gasteiger partial charge on any atom is -0.455 e. The number of likely N-dealkylation sites (tertiary alicyclic amines) is 1. The number of imide groups is 1. The number of pyridine rings is 1. The summed E-state index contributed by atoms with van der Waals surface area (Å²) in [7, 11) is -4.63. The summed E-state index contributed by atoms with van der Waals surface area (Å²) in [6.45, 7) is 12.4. The first-order valence-corrected chi connectivity index (χ1v) is 33.0. The maximum Gasteiger partial charge on any atom is 0.293 e. The predicted molar refractivity (Wildman–Crippen MR) is 347 cm³/mol. The van der Waals surface area contributed by atoms with Gasteiger partial charge in [0, 0.05) is 129 Å². The molecule has 3 fully saturated rings. The molecule has 5 aliphatic rings. The summed E-state index contributed by atoms with van der Waals surface area (Å²) in [5, 5.41) is 24.2. The van der Waals surface area contributed by atoms with Crippen LogP contribution in [0.15, 0.2) is 126 Å². The normalized spacial score (nSPS) is 18.2. The van der Waals surface area contributed by atoms with Crippen LogP contribution in [0.25, 0.3) is 16.6 Å². The van der Waals surface area contributed by atoms with Gasteiger partial charge < -0.3 is 24.8 Å². The molecule has 0 radical (unpaired) electrons. The summed E-state index contributed by atoms with van der Waals surface area (Å²) in [4.78, 5) is 79.2. The van der Waals surface area contributed by atoms with Crippen molar-refractivity contribution in [2.75, 3.05) is 62.6 Å². The number of aryl methyl sites for hydroxylation is 1. The summed E-state index contributed by atoms with van der Waals surface area (Å²) in [6.07, 6.45) is 15.0. The average Bonchev–Trinajstić information content (AvgIpc) is 1.76. The number of hydrogen-bond acceptors (Lipinski definition) is 15. The van der Waals surface area contributed by atoms with Gasteiger partial charge in [-0.15, -0.1) is 0 Å². The zero-order valence-electron chi connectivity index (χ0n) is 51.0. The Morgan fingerprint density at radius 2 is 1.70 bits per heavy atom. The lowest BCUT2D eigenvalue weighted by atomic mass is 9.72. The molecule has 1 unspecified atom stereocenters. The number of carbonyl (C=O) groups is 4. The van der Waals surface area contributed by atoms with Crippen LogP contribution in [0.5, 0.6) is 11.5 Å². The summed E-state index contributed by atoms with van der Waals surface area (Å²) < 4.78 is 38.5. The van der Waals surface area contributed by atoms with Crippen molar-refractivity contribution in [1.82, 2.24) is 44.5 Å². The molecule has 472 valence electrons. The van der Waals surface area contributed by atoms with Gasteiger partial charge in [-0.3, -0.25) is 49.1 Å². The first kappa shape index (κ1) is 62.3. The number of unbranched alkanes of at least 4 members (excludes halogenated alkanes) is 2. The van der Waals surface area contributed by atoms with E-state index in [-0.39, 0.29) is 53.1 Å². The van der Waals surface area contributed by atoms with E-state index in [0.29, 0.717) is 49.4 Å². The van der Waals surface area contributed by atoms with E-state index in [1.165, 1.54) is 39.9 Å². The second kappa shape index (κ2) is 26.9. The van der Waals surface area contributed by atoms with Gasteiger partial charge in [0.2, 0.25) is 11.8 Å². The van der Waals surface area contributed by atoms with Crippen LogP contribution in [0.4, 0.5) is 17.1 Å². The number of benzene rings is 4. The summed E-state index contributed by atoms with van der Waals surface area (Å²) in [6, 6.07) is 25.2. The standard InChI is InChI=1S/C68H73ClN12O9S/c1-68(2)25-21-50(57(37-68)48-11-13-51(69)14-12-48)43-77-30-32-78(33-31-77)52-15-17-56(62(35-52)90-53-34-49-22-26-70-64(49)72-40-53)65(83)75-91(88,89)54-16-18-59(61(36-54)81(86)87)71-38-45-23-28-76(29-24-45)41-46-39-73-79(42-46)27-6-4-3-5-8-47-9-7-10-55-58(47)44-80(67(55)85)60-19-20-63(82)74-66(60)84/h7,9-18,22,26,34-36,39-40,42,45,60,71H,3-4,6,19-21,23-25,27-33,37-38,41,43-44H2,1-2H3,(H,70,72)(H,75,83)(H,74,82,84). The SMILES string of the molecule is CC1(C)CCC(CN2CCN(c3ccc(C(=O)NS(=O)(=O)c4ccc(NCC5CCN(Cc6cnn(CCCCC#Cc7cccc8c7CN(C7CCC(=O)NC7=O)C8=O)c6)CC5)c([N+](=O)[O-])c4)c(Oc4cnc5[nH]ccc5c4)c3)CC2)=C(c2ccc(Cl)cc2)C1. The fourth-order valence-electron chi connectivity index (χ4n) is 13.0. The second-order valence-corrected chi connectivity index (χ2v) is 27.3. The van der Waals surface area contributed by atoms with E-state index < -0.39 is 43.4 Å². The molecule has 1 atom stereocenters. The van der Waals surface area contributed by atoms with Gasteiger partial charge in [-0.25, -0.2) is 18.1 Å². The molecule has 21 nitrogen and oxygen atoms in total. The van der Waals surface area contributed by atoms with Crippen molar-refractivity contribution in [3.8, 4) is 23.3 Å². The minimum atomic E-state index is -4.63. The molecule has 4 aliphatic heterocycles. The molecule has 7 aromatic rings. The average molecular weight is 1270 g/mol. The van der Waals surface area contributed by atoms with Gasteiger partial charge in [-0.2, -0.15) is 5.10 Å². The van der Waals surface area contributed by atoms with Gasteiger partial charge in [0.15, 0.2) is 0 Å². The molecular formula is C68H73ClN12O9S. The molecule has 3 saturated heterocycles. The Balaban J connectivity index is 0.621. The van der Waals surface area contributed by atoms with E-state index >= 15 is 0 Å². The highest BCUT2D eigenvalue weighted by Crippen LogP contribution is 2.44. The number of sulfonamides is 1. The fraction of sp³-hybridized carbons (Fsp3) is 0.382. The van der Waals surface area contributed by atoms with Gasteiger partial charge in [-0.05, 0) is 153 Å². The smallest absolute Gasteiger partial charge is 0.293 e. The first-order valence-electron chi connectivity index (χ1n) is 31.2. The largest absolute Gasteiger partial charge is 0.455 e. The van der Waals surface area contributed by atoms with Crippen molar-refractivity contribution in [2.24, 2.45) is 11.3 Å². The number of aromatic amines is 1. The van der Waals surface area contributed by atoms with Crippen LogP contribution in [0.2, 0.25) is 5.02 Å². The Morgan fingerprint density at radius 1 is 0.901 bits per heavy atom. The third-order valence-corrected chi connectivity index (χ3v) is 19.8. The maximum atomic E-state index is 14.2. The van der Waals surface area contributed by atoms with Crippen LogP contribution < -0.4 is 25.0 Å². The highest BCUT2D eigenvalue weighted by atomic mass is 35.5. The Morgan fingerprint density at radius 3 is 2.49 bits per heavy atom. The highest BCUT2D eigenvalue weighted by Gasteiger charge is 2.40. The number of piperidine rings is 2. The lowest BCUT2D eigenvalue weighted by Crippen LogP contribution is -2.52. The van der Waals surface area contributed by atoms with Gasteiger partial charge >= 0.3 is 0 Å². The lowest BCUT2D eigenvalue weighted by Gasteiger charge is -2.39. The number of H-pyrrole nitrogens is 1. The second-order valence-electron chi connectivity index (χ2n) is 25.1. The number of fused-ring (bicyclic) bond motifs is 2. The zero-order chi connectivity index (χ0) is 63.4. The third-order valence-electron chi connectivity index (χ3n) is 18.2. The monoisotopic (exact) mass is 1270 g/mol. The number of nitro groups is 1. The molecule has 0 bridgehead atoms. The number of allylic oxidation sites excluding steroid dienone is 1. The highest BCUT2D eigenvalue weighted by molar-refractivity contribution is 7.90. The fourth-order valence-corrected chi connectivity index (χ4v) is 14.1. The molecule has 12 rings (SSSR count). The molecule has 23 heteroatoms. The van der Waals surface area contributed by atoms with E-state index in [9.17, 15) is 37.7 Å². The number of anilines is 2. The zero-order valence-corrected chi connectivity index (χ0v) is 52.6. The predicted octanol–water partition coefficient (Wildman–Crippen LogP) is 10.3. The molecule has 91 heavy (non-hydrogen) atoms. The van der Waals surface area contributed by atoms with Gasteiger partial charge in [-0.1, -0.05) is 61.1 Å². The lowest BCUT2D eigenvalue weighted by molar-refractivity contribution is -0.384. The number of ether oxygens (including phenoxy) is 1. The number of nitrogens with zero attached hydrogens (tertiary/aromatic N) is 8. The number of hydrogen-bond donors (Lipinski definition) is 4. The minimum absolute atomic E-state index is 0.0548. The molecule has 4 amide bonds. The molecule has 1 aliphatic carbocycles. The number of carbonyl (C=O) groups excluding carboxylic acids is 4. The van der Waals surface area contributed by atoms with Crippen LogP contribution in [0.1, 0.15) is 121 Å². The number of nitrogens with one attached hydrogen (secondary N) is 4. The van der Waals surface area contributed by atoms with Crippen molar-refractivity contribution in [3.05, 3.63) is 170 Å². The van der Waals surface area contributed by atoms with E-state index in [0.717, 1.165) is 130 Å². The Hall–Kier alpha value is -8.88. The molecule has 0 saturated carbocycles. The van der Waals surface area contributed by atoms with Crippen LogP contribution in [-0.2, 0) is 39.2 Å². The third kappa shape index (κ3) is 14.7. The number of rotatable bonds is 20. The van der Waals surface area contributed by atoms with Gasteiger partial charge in [0.25, 0.3) is 27.5 Å². The van der Waals surface area contributed by atoms with Gasteiger partial charge in [0.05, 0.1) is 27.8 Å². The number of aromatic nitrogens is 4. The van der Waals surface area contributed by atoms with Crippen LogP contribution in [-0.4, -0.2) is 130 Å². The van der Waals surface area contributed by atoms with Gasteiger partial charge in [0.1, 0.15) is 28.9 Å². The summed E-state index contributed by atoms with van der Waals surface area (Å²) >= 11 is 6.28. The van der Waals surface area contributed by atoms with Crippen molar-refractivity contribution in [3.63, 3.8) is 0 Å². The van der Waals surface area contributed by atoms with Crippen LogP contribution in [0.3, 0.4) is 0 Å². The molecule has 0 spiro atoms. The van der Waals surface area contributed by atoms with Crippen molar-refractivity contribution >= 4 is 78.9 Å². The van der Waals surface area contributed by atoms with Crippen molar-refractivity contribution in [2.45, 2.75) is 109 Å². The van der Waals surface area contributed by atoms with E-state index in [2.05, 4.69) is 89.1 Å². The quantitative estimate of drug-likeness (QED) is 0.0182. The number of nitro benzene ring substituents is 1. The van der Waals surface area contributed by atoms with Crippen molar-refractivity contribution < 1.29 is 37.3 Å². The molecule has 7 heterocycles. The molecule has 3 aromatic heterocycles. The number of halogens is 1. The van der Waals surface area contributed by atoms with E-state index in [1.807, 2.05) is 35.1 Å². The van der Waals surface area contributed by atoms with E-state index in [4.69, 9.17) is 16.3 Å². The summed E-state index contributed by atoms with van der Waals surface area (Å²) in [5.41, 5.74) is 8.63. The van der Waals surface area contributed by atoms with Crippen LogP contribution in [0, 0.1) is 33.3 Å². The maximum absolute atomic E-state index is 14.2. The number of amides is 4. The molecular weight excluding hydrogens is 1200 g/mol. The number of piperazine rings is 1. The topological polar surface area (TPSA) is 250 Å².